The third kappa shape index (κ3) is 2.97. The average Bonchev–Trinajstić information content (AvgIpc) is 2.75. The zero-order valence-electron chi connectivity index (χ0n) is 15.7. The molecule has 3 heteroatoms. The maximum absolute atomic E-state index is 13.7. The predicted octanol–water partition coefficient (Wildman–Crippen LogP) is 5.08. The smallest absolute Gasteiger partial charge is 0.233 e. The van der Waals surface area contributed by atoms with E-state index < -0.39 is 0 Å². The molecule has 2 bridgehead atoms. The second-order valence-electron chi connectivity index (χ2n) is 7.83. The Balaban J connectivity index is 1.51. The van der Waals surface area contributed by atoms with Crippen LogP contribution >= 0.6 is 0 Å². The zero-order valence-corrected chi connectivity index (χ0v) is 15.7. The normalized spacial score (nSPS) is 26.3. The van der Waals surface area contributed by atoms with Crippen LogP contribution in [-0.4, -0.2) is 18.0 Å². The second-order valence-corrected chi connectivity index (χ2v) is 7.83. The van der Waals surface area contributed by atoms with Crippen LogP contribution in [0.5, 0.6) is 0 Å². The summed E-state index contributed by atoms with van der Waals surface area (Å²) in [7, 11) is 0. The number of hydrogen-bond acceptors (Lipinski definition) is 2. The number of fused-ring (bicyclic) bond motifs is 3. The lowest BCUT2D eigenvalue weighted by Gasteiger charge is -2.53. The number of anilines is 2. The van der Waals surface area contributed by atoms with Crippen molar-refractivity contribution in [2.24, 2.45) is 5.92 Å². The molecule has 140 valence electrons. The maximum atomic E-state index is 13.7. The molecule has 3 nitrogen and oxygen atoms in total. The van der Waals surface area contributed by atoms with Gasteiger partial charge in [-0.3, -0.25) is 4.79 Å². The van der Waals surface area contributed by atoms with Gasteiger partial charge in [0.2, 0.25) is 5.91 Å². The molecular formula is C25H24N2O. The standard InChI is InChI=1S/C25H24N2O/c28-25-24-22(18-10-4-1-5-11-18)16-21(27(25)20-14-8-3-9-15-20)17-23(24)26-19-12-6-2-7-13-19/h1-15,21-24,26H,16-17H2/t21-,22-,23+,24-/m0/s1. The molecule has 1 aliphatic carbocycles. The fraction of sp³-hybridized carbons (Fsp3) is 0.240. The first-order chi connectivity index (χ1) is 13.8. The fourth-order valence-corrected chi connectivity index (χ4v) is 5.02. The maximum Gasteiger partial charge on any atom is 0.233 e. The van der Waals surface area contributed by atoms with Crippen molar-refractivity contribution in [1.82, 2.24) is 0 Å². The Morgan fingerprint density at radius 2 is 1.36 bits per heavy atom. The average molecular weight is 368 g/mol. The Bertz CT molecular complexity index is 942. The van der Waals surface area contributed by atoms with Crippen molar-refractivity contribution in [3.05, 3.63) is 96.6 Å². The van der Waals surface area contributed by atoms with E-state index in [0.717, 1.165) is 24.2 Å². The molecule has 0 radical (unpaired) electrons. The molecule has 3 aliphatic rings. The van der Waals surface area contributed by atoms with Crippen LogP contribution in [0, 0.1) is 5.92 Å². The Labute approximate surface area is 166 Å². The minimum Gasteiger partial charge on any atom is -0.381 e. The summed E-state index contributed by atoms with van der Waals surface area (Å²) >= 11 is 0. The molecule has 28 heavy (non-hydrogen) atoms. The molecule has 2 aliphatic heterocycles. The van der Waals surface area contributed by atoms with Gasteiger partial charge in [-0.25, -0.2) is 0 Å². The minimum absolute atomic E-state index is 0.0622. The highest BCUT2D eigenvalue weighted by atomic mass is 16.2. The lowest BCUT2D eigenvalue weighted by Crippen LogP contribution is -2.62. The molecule has 0 unspecified atom stereocenters. The Hall–Kier alpha value is -3.07. The van der Waals surface area contributed by atoms with E-state index in [0.29, 0.717) is 0 Å². The van der Waals surface area contributed by atoms with Crippen LogP contribution < -0.4 is 10.2 Å². The van der Waals surface area contributed by atoms with Gasteiger partial charge < -0.3 is 10.2 Å². The van der Waals surface area contributed by atoms with E-state index in [2.05, 4.69) is 53.8 Å². The highest BCUT2D eigenvalue weighted by Crippen LogP contribution is 2.47. The van der Waals surface area contributed by atoms with E-state index in [1.54, 1.807) is 0 Å². The number of nitrogens with zero attached hydrogens (tertiary/aromatic N) is 1. The van der Waals surface area contributed by atoms with Gasteiger partial charge in [0, 0.05) is 23.5 Å². The number of piperidine rings is 2. The van der Waals surface area contributed by atoms with Crippen LogP contribution in [0.3, 0.4) is 0 Å². The molecule has 0 aromatic heterocycles. The van der Waals surface area contributed by atoms with E-state index >= 15 is 0 Å². The Morgan fingerprint density at radius 1 is 0.750 bits per heavy atom. The van der Waals surface area contributed by atoms with E-state index in [1.165, 1.54) is 5.56 Å². The molecule has 6 rings (SSSR count). The lowest BCUT2D eigenvalue weighted by molar-refractivity contribution is -0.128. The number of rotatable bonds is 4. The van der Waals surface area contributed by atoms with Crippen molar-refractivity contribution in [2.45, 2.75) is 30.8 Å². The van der Waals surface area contributed by atoms with Gasteiger partial charge in [0.1, 0.15) is 0 Å². The third-order valence-corrected chi connectivity index (χ3v) is 6.19. The van der Waals surface area contributed by atoms with Crippen molar-refractivity contribution < 1.29 is 4.79 Å². The molecule has 3 aromatic rings. The van der Waals surface area contributed by atoms with E-state index in [1.807, 2.05) is 47.4 Å². The van der Waals surface area contributed by atoms with Gasteiger partial charge in [-0.2, -0.15) is 0 Å². The molecule has 1 saturated carbocycles. The number of carbonyl (C=O) groups excluding carboxylic acids is 1. The Morgan fingerprint density at radius 3 is 2.00 bits per heavy atom. The molecule has 1 N–H and O–H groups in total. The van der Waals surface area contributed by atoms with Crippen LogP contribution in [-0.2, 0) is 4.79 Å². The summed E-state index contributed by atoms with van der Waals surface area (Å²) in [4.78, 5) is 15.7. The summed E-state index contributed by atoms with van der Waals surface area (Å²) in [6, 6.07) is 31.3. The van der Waals surface area contributed by atoms with Crippen molar-refractivity contribution >= 4 is 17.3 Å². The van der Waals surface area contributed by atoms with E-state index in [4.69, 9.17) is 0 Å². The molecule has 4 atom stereocenters. The predicted molar refractivity (Wildman–Crippen MR) is 113 cm³/mol. The van der Waals surface area contributed by atoms with Crippen LogP contribution in [0.25, 0.3) is 0 Å². The first-order valence-corrected chi connectivity index (χ1v) is 10.1. The number of para-hydroxylation sites is 2. The molecule has 2 saturated heterocycles. The number of nitrogens with one attached hydrogen (secondary N) is 1. The first-order valence-electron chi connectivity index (χ1n) is 10.1. The fourth-order valence-electron chi connectivity index (χ4n) is 5.02. The molecule has 3 fully saturated rings. The van der Waals surface area contributed by atoms with Crippen LogP contribution in [0.4, 0.5) is 11.4 Å². The summed E-state index contributed by atoms with van der Waals surface area (Å²) in [5, 5.41) is 3.67. The molecule has 1 amide bonds. The number of carbonyl (C=O) groups is 1. The summed E-state index contributed by atoms with van der Waals surface area (Å²) in [6.07, 6.45) is 1.99. The third-order valence-electron chi connectivity index (χ3n) is 6.19. The van der Waals surface area contributed by atoms with E-state index in [9.17, 15) is 4.79 Å². The van der Waals surface area contributed by atoms with Gasteiger partial charge in [-0.1, -0.05) is 66.7 Å². The summed E-state index contributed by atoms with van der Waals surface area (Å²) in [6.45, 7) is 0. The highest BCUT2D eigenvalue weighted by Gasteiger charge is 2.52. The van der Waals surface area contributed by atoms with Gasteiger partial charge in [0.15, 0.2) is 0 Å². The van der Waals surface area contributed by atoms with Crippen molar-refractivity contribution in [1.29, 1.82) is 0 Å². The van der Waals surface area contributed by atoms with Crippen LogP contribution in [0.15, 0.2) is 91.0 Å². The molecule has 3 aromatic carbocycles. The minimum atomic E-state index is -0.0622. The summed E-state index contributed by atoms with van der Waals surface area (Å²) in [5.74, 6) is 0.442. The monoisotopic (exact) mass is 368 g/mol. The van der Waals surface area contributed by atoms with Gasteiger partial charge in [-0.05, 0) is 48.6 Å². The van der Waals surface area contributed by atoms with Crippen molar-refractivity contribution in [2.75, 3.05) is 10.2 Å². The van der Waals surface area contributed by atoms with E-state index in [-0.39, 0.29) is 29.8 Å². The zero-order chi connectivity index (χ0) is 18.9. The van der Waals surface area contributed by atoms with Gasteiger partial charge in [-0.15, -0.1) is 0 Å². The summed E-state index contributed by atoms with van der Waals surface area (Å²) in [5.41, 5.74) is 3.39. The van der Waals surface area contributed by atoms with Gasteiger partial charge >= 0.3 is 0 Å². The topological polar surface area (TPSA) is 32.3 Å². The number of benzene rings is 3. The van der Waals surface area contributed by atoms with Crippen LogP contribution in [0.2, 0.25) is 0 Å². The Kier molecular flexibility index (Phi) is 4.36. The van der Waals surface area contributed by atoms with Crippen molar-refractivity contribution in [3.8, 4) is 0 Å². The van der Waals surface area contributed by atoms with Gasteiger partial charge in [0.05, 0.1) is 5.92 Å². The van der Waals surface area contributed by atoms with Crippen molar-refractivity contribution in [3.63, 3.8) is 0 Å². The SMILES string of the molecule is O=C1[C@@H]2[C@H](Nc3ccccc3)C[C@H](C[C@H]2c2ccccc2)N1c1ccccc1. The first kappa shape index (κ1) is 17.1. The molecule has 2 heterocycles. The second kappa shape index (κ2) is 7.16. The quantitative estimate of drug-likeness (QED) is 0.697. The highest BCUT2D eigenvalue weighted by molar-refractivity contribution is 5.99. The lowest BCUT2D eigenvalue weighted by atomic mass is 9.66. The largest absolute Gasteiger partial charge is 0.381 e. The molecular weight excluding hydrogens is 344 g/mol. The number of hydrogen-bond donors (Lipinski definition) is 1. The number of amides is 1. The van der Waals surface area contributed by atoms with Gasteiger partial charge in [0.25, 0.3) is 0 Å². The van der Waals surface area contributed by atoms with Crippen LogP contribution in [0.1, 0.15) is 24.3 Å². The summed E-state index contributed by atoms with van der Waals surface area (Å²) < 4.78 is 0. The molecule has 0 spiro atoms.